The number of halogens is 4. The summed E-state index contributed by atoms with van der Waals surface area (Å²) in [5.41, 5.74) is 0.499. The van der Waals surface area contributed by atoms with Gasteiger partial charge in [0.15, 0.2) is 5.89 Å². The second-order valence-corrected chi connectivity index (χ2v) is 4.27. The Morgan fingerprint density at radius 2 is 1.83 bits per heavy atom. The SMILES string of the molecule is Cc1nc(-c2ccc(C(F)(F)F)cc2)c(CBr)o1. The zero-order chi connectivity index (χ0) is 13.3. The Balaban J connectivity index is 2.40. The topological polar surface area (TPSA) is 26.0 Å². The summed E-state index contributed by atoms with van der Waals surface area (Å²) < 4.78 is 42.6. The van der Waals surface area contributed by atoms with Crippen LogP contribution < -0.4 is 0 Å². The van der Waals surface area contributed by atoms with Gasteiger partial charge in [0.25, 0.3) is 0 Å². The average Bonchev–Trinajstić information content (AvgIpc) is 2.69. The molecule has 2 nitrogen and oxygen atoms in total. The van der Waals surface area contributed by atoms with Crippen LogP contribution in [0.4, 0.5) is 13.2 Å². The van der Waals surface area contributed by atoms with Crippen LogP contribution in [-0.2, 0) is 11.5 Å². The van der Waals surface area contributed by atoms with Crippen molar-refractivity contribution in [2.75, 3.05) is 0 Å². The molecule has 0 fully saturated rings. The maximum Gasteiger partial charge on any atom is 0.416 e. The first-order valence-electron chi connectivity index (χ1n) is 5.11. The second-order valence-electron chi connectivity index (χ2n) is 3.71. The number of aromatic nitrogens is 1. The van der Waals surface area contributed by atoms with E-state index in [0.29, 0.717) is 28.2 Å². The first-order valence-corrected chi connectivity index (χ1v) is 6.24. The van der Waals surface area contributed by atoms with E-state index in [4.69, 9.17) is 4.42 Å². The number of alkyl halides is 4. The standard InChI is InChI=1S/C12H9BrF3NO/c1-7-17-11(10(6-13)18-7)8-2-4-9(5-3-8)12(14,15)16/h2-5H,6H2,1H3. The molecule has 0 bridgehead atoms. The number of rotatable bonds is 2. The fourth-order valence-electron chi connectivity index (χ4n) is 1.60. The van der Waals surface area contributed by atoms with Crippen LogP contribution in [0.25, 0.3) is 11.3 Å². The van der Waals surface area contributed by atoms with Gasteiger partial charge in [0.2, 0.25) is 0 Å². The van der Waals surface area contributed by atoms with Gasteiger partial charge in [-0.2, -0.15) is 13.2 Å². The van der Waals surface area contributed by atoms with Gasteiger partial charge in [0, 0.05) is 12.5 Å². The quantitative estimate of drug-likeness (QED) is 0.758. The van der Waals surface area contributed by atoms with E-state index < -0.39 is 11.7 Å². The molecular weight excluding hydrogens is 311 g/mol. The number of nitrogens with zero attached hydrogens (tertiary/aromatic N) is 1. The highest BCUT2D eigenvalue weighted by Gasteiger charge is 2.30. The summed E-state index contributed by atoms with van der Waals surface area (Å²) in [7, 11) is 0. The Hall–Kier alpha value is -1.30. The second kappa shape index (κ2) is 4.76. The van der Waals surface area contributed by atoms with Crippen LogP contribution in [0.3, 0.4) is 0 Å². The molecule has 0 radical (unpaired) electrons. The molecule has 0 aliphatic carbocycles. The summed E-state index contributed by atoms with van der Waals surface area (Å²) in [6, 6.07) is 4.87. The predicted octanol–water partition coefficient (Wildman–Crippen LogP) is 4.56. The van der Waals surface area contributed by atoms with Crippen LogP contribution in [0.1, 0.15) is 17.2 Å². The van der Waals surface area contributed by atoms with Crippen LogP contribution in [0.2, 0.25) is 0 Å². The van der Waals surface area contributed by atoms with Crippen molar-refractivity contribution in [2.45, 2.75) is 18.4 Å². The summed E-state index contributed by atoms with van der Waals surface area (Å²) >= 11 is 3.25. The highest BCUT2D eigenvalue weighted by molar-refractivity contribution is 9.08. The third-order valence-electron chi connectivity index (χ3n) is 2.41. The van der Waals surface area contributed by atoms with Crippen molar-refractivity contribution in [3.05, 3.63) is 41.5 Å². The molecule has 6 heteroatoms. The number of oxazole rings is 1. The molecule has 1 aromatic carbocycles. The van der Waals surface area contributed by atoms with Crippen LogP contribution in [0.5, 0.6) is 0 Å². The molecule has 18 heavy (non-hydrogen) atoms. The number of hydrogen-bond donors (Lipinski definition) is 0. The van der Waals surface area contributed by atoms with Gasteiger partial charge < -0.3 is 4.42 Å². The zero-order valence-corrected chi connectivity index (χ0v) is 11.0. The van der Waals surface area contributed by atoms with E-state index in [2.05, 4.69) is 20.9 Å². The molecule has 0 saturated carbocycles. The molecule has 1 aromatic heterocycles. The summed E-state index contributed by atoms with van der Waals surface area (Å²) in [5.74, 6) is 1.09. The lowest BCUT2D eigenvalue weighted by atomic mass is 10.1. The van der Waals surface area contributed by atoms with Gasteiger partial charge in [-0.3, -0.25) is 0 Å². The van der Waals surface area contributed by atoms with Gasteiger partial charge in [-0.05, 0) is 12.1 Å². The largest absolute Gasteiger partial charge is 0.444 e. The molecule has 96 valence electrons. The summed E-state index contributed by atoms with van der Waals surface area (Å²) in [6.07, 6.45) is -4.32. The number of benzene rings is 1. The third kappa shape index (κ3) is 2.58. The average molecular weight is 320 g/mol. The lowest BCUT2D eigenvalue weighted by molar-refractivity contribution is -0.137. The highest BCUT2D eigenvalue weighted by atomic mass is 79.9. The predicted molar refractivity (Wildman–Crippen MR) is 64.3 cm³/mol. The summed E-state index contributed by atoms with van der Waals surface area (Å²) in [4.78, 5) is 4.17. The minimum Gasteiger partial charge on any atom is -0.444 e. The first kappa shape index (κ1) is 13.1. The van der Waals surface area contributed by atoms with Crippen LogP contribution in [0, 0.1) is 6.92 Å². The minimum absolute atomic E-state index is 0.462. The zero-order valence-electron chi connectivity index (χ0n) is 9.38. The summed E-state index contributed by atoms with van der Waals surface area (Å²) in [5, 5.41) is 0.462. The fraction of sp³-hybridized carbons (Fsp3) is 0.250. The van der Waals surface area contributed by atoms with Crippen molar-refractivity contribution in [3.63, 3.8) is 0 Å². The van der Waals surface area contributed by atoms with Gasteiger partial charge in [-0.1, -0.05) is 28.1 Å². The Kier molecular flexibility index (Phi) is 3.47. The third-order valence-corrected chi connectivity index (χ3v) is 2.92. The normalized spacial score (nSPS) is 11.8. The van der Waals surface area contributed by atoms with Crippen LogP contribution in [0.15, 0.2) is 28.7 Å². The molecule has 0 aliphatic heterocycles. The molecule has 0 unspecified atom stereocenters. The van der Waals surface area contributed by atoms with Crippen molar-refractivity contribution in [3.8, 4) is 11.3 Å². The number of aryl methyl sites for hydroxylation is 1. The monoisotopic (exact) mass is 319 g/mol. The van der Waals surface area contributed by atoms with Crippen molar-refractivity contribution < 1.29 is 17.6 Å². The molecule has 0 atom stereocenters. The van der Waals surface area contributed by atoms with E-state index in [9.17, 15) is 13.2 Å². The molecule has 1 heterocycles. The van der Waals surface area contributed by atoms with E-state index in [1.54, 1.807) is 6.92 Å². The van der Waals surface area contributed by atoms with Crippen molar-refractivity contribution >= 4 is 15.9 Å². The Labute approximate surface area is 110 Å². The summed E-state index contributed by atoms with van der Waals surface area (Å²) in [6.45, 7) is 1.69. The highest BCUT2D eigenvalue weighted by Crippen LogP contribution is 2.32. The smallest absolute Gasteiger partial charge is 0.416 e. The minimum atomic E-state index is -4.32. The maximum atomic E-state index is 12.4. The van der Waals surface area contributed by atoms with Gasteiger partial charge >= 0.3 is 6.18 Å². The molecular formula is C12H9BrF3NO. The van der Waals surface area contributed by atoms with Crippen molar-refractivity contribution in [1.82, 2.24) is 4.98 Å². The van der Waals surface area contributed by atoms with Gasteiger partial charge in [-0.25, -0.2) is 4.98 Å². The Bertz CT molecular complexity index is 545. The van der Waals surface area contributed by atoms with Crippen molar-refractivity contribution in [2.24, 2.45) is 0 Å². The van der Waals surface area contributed by atoms with Gasteiger partial charge in [0.05, 0.1) is 10.9 Å². The fourth-order valence-corrected chi connectivity index (χ4v) is 1.98. The van der Waals surface area contributed by atoms with E-state index in [1.807, 2.05) is 0 Å². The van der Waals surface area contributed by atoms with E-state index in [-0.39, 0.29) is 0 Å². The lowest BCUT2D eigenvalue weighted by Gasteiger charge is -2.06. The van der Waals surface area contributed by atoms with E-state index >= 15 is 0 Å². The Morgan fingerprint density at radius 1 is 1.22 bits per heavy atom. The number of hydrogen-bond acceptors (Lipinski definition) is 2. The first-order chi connectivity index (χ1) is 8.41. The maximum absolute atomic E-state index is 12.4. The molecule has 2 aromatic rings. The van der Waals surface area contributed by atoms with Crippen LogP contribution >= 0.6 is 15.9 Å². The molecule has 0 N–H and O–H groups in total. The Morgan fingerprint density at radius 3 is 2.33 bits per heavy atom. The van der Waals surface area contributed by atoms with E-state index in [0.717, 1.165) is 12.1 Å². The lowest BCUT2D eigenvalue weighted by Crippen LogP contribution is -2.04. The molecule has 0 amide bonds. The molecule has 0 saturated heterocycles. The van der Waals surface area contributed by atoms with E-state index in [1.165, 1.54) is 12.1 Å². The van der Waals surface area contributed by atoms with Crippen molar-refractivity contribution in [1.29, 1.82) is 0 Å². The van der Waals surface area contributed by atoms with Gasteiger partial charge in [-0.15, -0.1) is 0 Å². The molecule has 2 rings (SSSR count). The molecule has 0 spiro atoms. The van der Waals surface area contributed by atoms with Crippen LogP contribution in [-0.4, -0.2) is 4.98 Å². The molecule has 0 aliphatic rings. The van der Waals surface area contributed by atoms with Gasteiger partial charge in [0.1, 0.15) is 11.5 Å².